The quantitative estimate of drug-likeness (QED) is 0.398. The van der Waals surface area contributed by atoms with Gasteiger partial charge in [-0.15, -0.1) is 24.0 Å². The second-order valence-electron chi connectivity index (χ2n) is 6.06. The summed E-state index contributed by atoms with van der Waals surface area (Å²) in [4.78, 5) is 11.8. The van der Waals surface area contributed by atoms with Crippen LogP contribution in [0.3, 0.4) is 0 Å². The molecule has 7 heteroatoms. The molecule has 0 spiro atoms. The molecule has 0 saturated carbocycles. The topological polar surface area (TPSA) is 49.8 Å². The summed E-state index contributed by atoms with van der Waals surface area (Å²) in [5.41, 5.74) is 3.12. The van der Waals surface area contributed by atoms with Crippen molar-refractivity contribution in [3.8, 4) is 5.75 Å². The number of guanidine groups is 1. The summed E-state index contributed by atoms with van der Waals surface area (Å²) in [5.74, 6) is 3.08. The number of aliphatic imine (C=N–C) groups is 1. The molecule has 1 saturated heterocycles. The van der Waals surface area contributed by atoms with Gasteiger partial charge in [-0.05, 0) is 27.2 Å². The Morgan fingerprint density at radius 3 is 2.84 bits per heavy atom. The molecule has 1 aliphatic heterocycles. The zero-order chi connectivity index (χ0) is 17.5. The van der Waals surface area contributed by atoms with Gasteiger partial charge in [-0.2, -0.15) is 11.8 Å². The summed E-state index contributed by atoms with van der Waals surface area (Å²) < 4.78 is 5.50. The lowest BCUT2D eigenvalue weighted by molar-refractivity contribution is 0.405. The third-order valence-electron chi connectivity index (χ3n) is 4.36. The van der Waals surface area contributed by atoms with Gasteiger partial charge in [0.25, 0.3) is 0 Å². The molecule has 1 aliphatic rings. The van der Waals surface area contributed by atoms with Crippen LogP contribution in [0.25, 0.3) is 0 Å². The Morgan fingerprint density at radius 1 is 1.44 bits per heavy atom. The summed E-state index contributed by atoms with van der Waals surface area (Å²) in [6, 6.07) is 0. The number of thioether (sulfide) groups is 1. The lowest BCUT2D eigenvalue weighted by Crippen LogP contribution is -2.48. The Morgan fingerprint density at radius 2 is 2.20 bits per heavy atom. The van der Waals surface area contributed by atoms with Crippen LogP contribution in [0.1, 0.15) is 37.1 Å². The van der Waals surface area contributed by atoms with E-state index in [4.69, 9.17) is 9.73 Å². The highest BCUT2D eigenvalue weighted by Gasteiger charge is 2.21. The SMILES string of the molecule is CCNC(=NCc1ncc(C)c(OC)c1C)N1CCSC(CC)C1.I. The first-order valence-corrected chi connectivity index (χ1v) is 9.79. The highest BCUT2D eigenvalue weighted by molar-refractivity contribution is 14.0. The number of nitrogens with one attached hydrogen (secondary N) is 1. The van der Waals surface area contributed by atoms with Crippen molar-refractivity contribution < 1.29 is 4.74 Å². The molecule has 1 atom stereocenters. The lowest BCUT2D eigenvalue weighted by Gasteiger charge is -2.34. The number of nitrogens with zero attached hydrogens (tertiary/aromatic N) is 3. The second kappa shape index (κ2) is 11.1. The zero-order valence-electron chi connectivity index (χ0n) is 16.0. The van der Waals surface area contributed by atoms with Crippen LogP contribution in [-0.2, 0) is 6.54 Å². The molecule has 0 bridgehead atoms. The number of aromatic nitrogens is 1. The van der Waals surface area contributed by atoms with E-state index in [0.29, 0.717) is 11.8 Å². The first-order valence-electron chi connectivity index (χ1n) is 8.74. The zero-order valence-corrected chi connectivity index (χ0v) is 19.1. The molecule has 1 N–H and O–H groups in total. The van der Waals surface area contributed by atoms with E-state index in [9.17, 15) is 0 Å². The van der Waals surface area contributed by atoms with Crippen molar-refractivity contribution in [2.24, 2.45) is 4.99 Å². The van der Waals surface area contributed by atoms with E-state index in [1.54, 1.807) is 7.11 Å². The second-order valence-corrected chi connectivity index (χ2v) is 7.47. The summed E-state index contributed by atoms with van der Waals surface area (Å²) in [5, 5.41) is 4.13. The molecule has 0 radical (unpaired) electrons. The number of halogens is 1. The number of ether oxygens (including phenoxy) is 1. The Labute approximate surface area is 173 Å². The van der Waals surface area contributed by atoms with Crippen LogP contribution < -0.4 is 10.1 Å². The molecule has 1 aromatic rings. The Bertz CT molecular complexity index is 582. The van der Waals surface area contributed by atoms with Crippen molar-refractivity contribution in [3.05, 3.63) is 23.0 Å². The van der Waals surface area contributed by atoms with Gasteiger partial charge in [0.05, 0.1) is 19.3 Å². The maximum absolute atomic E-state index is 5.50. The predicted molar refractivity (Wildman–Crippen MR) is 119 cm³/mol. The molecule has 5 nitrogen and oxygen atoms in total. The summed E-state index contributed by atoms with van der Waals surface area (Å²) >= 11 is 2.07. The van der Waals surface area contributed by atoms with Gasteiger partial charge in [0, 0.05) is 48.0 Å². The average Bonchev–Trinajstić information content (AvgIpc) is 2.60. The highest BCUT2D eigenvalue weighted by Crippen LogP contribution is 2.25. The minimum atomic E-state index is 0. The Hall–Kier alpha value is -0.700. The normalized spacial score (nSPS) is 17.9. The Kier molecular flexibility index (Phi) is 9.92. The summed E-state index contributed by atoms with van der Waals surface area (Å²) in [7, 11) is 1.71. The van der Waals surface area contributed by atoms with Crippen LogP contribution >= 0.6 is 35.7 Å². The molecule has 142 valence electrons. The third kappa shape index (κ3) is 5.91. The van der Waals surface area contributed by atoms with Crippen LogP contribution in [-0.4, -0.2) is 53.6 Å². The number of aryl methyl sites for hydroxylation is 1. The molecule has 2 rings (SSSR count). The van der Waals surface area contributed by atoms with Crippen LogP contribution in [0.4, 0.5) is 0 Å². The smallest absolute Gasteiger partial charge is 0.194 e. The first kappa shape index (κ1) is 22.3. The van der Waals surface area contributed by atoms with Gasteiger partial charge in [-0.25, -0.2) is 4.99 Å². The minimum Gasteiger partial charge on any atom is -0.496 e. The van der Waals surface area contributed by atoms with Crippen LogP contribution in [0.2, 0.25) is 0 Å². The molecule has 0 aromatic carbocycles. The molecular weight excluding hydrogens is 447 g/mol. The fourth-order valence-electron chi connectivity index (χ4n) is 2.96. The number of hydrogen-bond donors (Lipinski definition) is 1. The molecular formula is C18H31IN4OS. The van der Waals surface area contributed by atoms with Gasteiger partial charge < -0.3 is 15.0 Å². The largest absolute Gasteiger partial charge is 0.496 e. The van der Waals surface area contributed by atoms with Gasteiger partial charge in [0.2, 0.25) is 0 Å². The number of hydrogen-bond acceptors (Lipinski definition) is 4. The van der Waals surface area contributed by atoms with Crippen molar-refractivity contribution in [1.29, 1.82) is 0 Å². The van der Waals surface area contributed by atoms with Gasteiger partial charge in [0.1, 0.15) is 5.75 Å². The van der Waals surface area contributed by atoms with Crippen molar-refractivity contribution in [2.45, 2.75) is 45.9 Å². The minimum absolute atomic E-state index is 0. The lowest BCUT2D eigenvalue weighted by atomic mass is 10.1. The number of methoxy groups -OCH3 is 1. The monoisotopic (exact) mass is 478 g/mol. The van der Waals surface area contributed by atoms with E-state index < -0.39 is 0 Å². The average molecular weight is 478 g/mol. The molecule has 1 unspecified atom stereocenters. The predicted octanol–water partition coefficient (Wildman–Crippen LogP) is 3.62. The molecule has 0 aliphatic carbocycles. The van der Waals surface area contributed by atoms with Crippen LogP contribution in [0.15, 0.2) is 11.2 Å². The van der Waals surface area contributed by atoms with Gasteiger partial charge in [-0.1, -0.05) is 6.92 Å². The van der Waals surface area contributed by atoms with E-state index in [1.165, 1.54) is 12.2 Å². The van der Waals surface area contributed by atoms with Crippen LogP contribution in [0, 0.1) is 13.8 Å². The fraction of sp³-hybridized carbons (Fsp3) is 0.667. The van der Waals surface area contributed by atoms with E-state index in [0.717, 1.165) is 48.2 Å². The van der Waals surface area contributed by atoms with E-state index >= 15 is 0 Å². The third-order valence-corrected chi connectivity index (χ3v) is 5.73. The molecule has 2 heterocycles. The first-order chi connectivity index (χ1) is 11.6. The molecule has 0 amide bonds. The maximum atomic E-state index is 5.50. The van der Waals surface area contributed by atoms with Gasteiger partial charge in [0.15, 0.2) is 5.96 Å². The van der Waals surface area contributed by atoms with E-state index in [-0.39, 0.29) is 24.0 Å². The van der Waals surface area contributed by atoms with Crippen molar-refractivity contribution in [2.75, 3.05) is 32.5 Å². The molecule has 1 fully saturated rings. The summed E-state index contributed by atoms with van der Waals surface area (Å²) in [6.45, 7) is 12.0. The fourth-order valence-corrected chi connectivity index (χ4v) is 4.14. The Balaban J connectivity index is 0.00000312. The molecule has 25 heavy (non-hydrogen) atoms. The maximum Gasteiger partial charge on any atom is 0.194 e. The molecule has 1 aromatic heterocycles. The van der Waals surface area contributed by atoms with Crippen molar-refractivity contribution >= 4 is 41.7 Å². The standard InChI is InChI=1S/C18H30N4OS.HI/c1-6-15-12-22(8-9-24-15)18(19-7-2)21-11-16-14(4)17(23-5)13(3)10-20-16;/h10,15H,6-9,11-12H2,1-5H3,(H,19,21);1H. The van der Waals surface area contributed by atoms with E-state index in [1.807, 2.05) is 13.1 Å². The highest BCUT2D eigenvalue weighted by atomic mass is 127. The van der Waals surface area contributed by atoms with Gasteiger partial charge >= 0.3 is 0 Å². The number of pyridine rings is 1. The van der Waals surface area contributed by atoms with Crippen molar-refractivity contribution in [1.82, 2.24) is 15.2 Å². The summed E-state index contributed by atoms with van der Waals surface area (Å²) in [6.07, 6.45) is 3.07. The van der Waals surface area contributed by atoms with Crippen molar-refractivity contribution in [3.63, 3.8) is 0 Å². The van der Waals surface area contributed by atoms with Gasteiger partial charge in [-0.3, -0.25) is 4.98 Å². The number of rotatable bonds is 5. The van der Waals surface area contributed by atoms with E-state index in [2.05, 4.69) is 47.7 Å². The van der Waals surface area contributed by atoms with Crippen LogP contribution in [0.5, 0.6) is 5.75 Å².